The highest BCUT2D eigenvalue weighted by atomic mass is 16.5. The molecule has 2 aliphatic rings. The van der Waals surface area contributed by atoms with Gasteiger partial charge in [-0.3, -0.25) is 0 Å². The van der Waals surface area contributed by atoms with Gasteiger partial charge < -0.3 is 10.5 Å². The molecule has 2 N–H and O–H groups in total. The van der Waals surface area contributed by atoms with E-state index in [9.17, 15) is 0 Å². The molecule has 4 nitrogen and oxygen atoms in total. The molecule has 1 aromatic heterocycles. The number of rotatable bonds is 3. The fraction of sp³-hybridized carbons (Fsp3) is 0.412. The Kier molecular flexibility index (Phi) is 3.02. The van der Waals surface area contributed by atoms with Crippen molar-refractivity contribution in [3.63, 3.8) is 0 Å². The Hall–Kier alpha value is -2.10. The molecule has 2 aliphatic carbocycles. The number of fused-ring (bicyclic) bond motifs is 1. The highest BCUT2D eigenvalue weighted by molar-refractivity contribution is 5.36. The lowest BCUT2D eigenvalue weighted by atomic mass is 9.89. The van der Waals surface area contributed by atoms with Gasteiger partial charge in [0.25, 0.3) is 0 Å². The topological polar surface area (TPSA) is 61.0 Å². The van der Waals surface area contributed by atoms with Gasteiger partial charge in [0.05, 0.1) is 0 Å². The van der Waals surface area contributed by atoms with Crippen molar-refractivity contribution >= 4 is 5.82 Å². The van der Waals surface area contributed by atoms with Gasteiger partial charge in [0, 0.05) is 12.0 Å². The van der Waals surface area contributed by atoms with Gasteiger partial charge in [0.15, 0.2) is 0 Å². The number of hydrogen-bond donors (Lipinski definition) is 1. The summed E-state index contributed by atoms with van der Waals surface area (Å²) in [6.07, 6.45) is 5.72. The van der Waals surface area contributed by atoms with Crippen molar-refractivity contribution in [1.82, 2.24) is 9.97 Å². The first-order valence-electron chi connectivity index (χ1n) is 7.68. The van der Waals surface area contributed by atoms with Crippen molar-refractivity contribution < 1.29 is 4.74 Å². The first kappa shape index (κ1) is 12.6. The number of anilines is 1. The van der Waals surface area contributed by atoms with E-state index in [1.165, 1.54) is 11.1 Å². The SMILES string of the molecule is Nc1cc(OC2CCCc3ccccc32)nc(C2CC2)n1. The zero-order valence-electron chi connectivity index (χ0n) is 12.0. The predicted molar refractivity (Wildman–Crippen MR) is 81.2 cm³/mol. The van der Waals surface area contributed by atoms with E-state index >= 15 is 0 Å². The van der Waals surface area contributed by atoms with E-state index in [0.29, 0.717) is 17.6 Å². The van der Waals surface area contributed by atoms with Crippen LogP contribution in [0, 0.1) is 0 Å². The smallest absolute Gasteiger partial charge is 0.219 e. The van der Waals surface area contributed by atoms with Gasteiger partial charge in [-0.1, -0.05) is 24.3 Å². The third-order valence-electron chi connectivity index (χ3n) is 4.26. The molecule has 0 radical (unpaired) electrons. The van der Waals surface area contributed by atoms with Crippen LogP contribution in [0.4, 0.5) is 5.82 Å². The Morgan fingerprint density at radius 3 is 2.81 bits per heavy atom. The summed E-state index contributed by atoms with van der Waals surface area (Å²) in [6.45, 7) is 0. The number of nitrogen functional groups attached to an aromatic ring is 1. The van der Waals surface area contributed by atoms with Gasteiger partial charge in [-0.15, -0.1) is 0 Å². The van der Waals surface area contributed by atoms with Crippen molar-refractivity contribution in [2.45, 2.75) is 44.1 Å². The highest BCUT2D eigenvalue weighted by Crippen LogP contribution is 2.39. The number of nitrogens with zero attached hydrogens (tertiary/aromatic N) is 2. The second kappa shape index (κ2) is 5.02. The predicted octanol–water partition coefficient (Wildman–Crippen LogP) is 3.39. The fourth-order valence-electron chi connectivity index (χ4n) is 3.02. The Bertz CT molecular complexity index is 667. The van der Waals surface area contributed by atoms with E-state index in [4.69, 9.17) is 10.5 Å². The minimum absolute atomic E-state index is 0.0799. The molecule has 1 fully saturated rings. The number of aryl methyl sites for hydroxylation is 1. The normalized spacial score (nSPS) is 20.9. The van der Waals surface area contributed by atoms with Gasteiger partial charge in [-0.05, 0) is 43.2 Å². The van der Waals surface area contributed by atoms with Crippen molar-refractivity contribution in [2.75, 3.05) is 5.73 Å². The standard InChI is InChI=1S/C17H19N3O/c18-15-10-16(20-17(19-15)12-8-9-12)21-14-7-3-5-11-4-1-2-6-13(11)14/h1-2,4,6,10,12,14H,3,5,7-9H2,(H2,18,19,20). The minimum atomic E-state index is 0.0799. The van der Waals surface area contributed by atoms with Crippen LogP contribution in [0.25, 0.3) is 0 Å². The van der Waals surface area contributed by atoms with Crippen molar-refractivity contribution in [3.8, 4) is 5.88 Å². The molecule has 1 heterocycles. The van der Waals surface area contributed by atoms with E-state index in [-0.39, 0.29) is 6.10 Å². The van der Waals surface area contributed by atoms with Crippen LogP contribution in [0.1, 0.15) is 54.7 Å². The maximum atomic E-state index is 6.15. The number of aromatic nitrogens is 2. The molecule has 0 spiro atoms. The van der Waals surface area contributed by atoms with Crippen molar-refractivity contribution in [1.29, 1.82) is 0 Å². The first-order chi connectivity index (χ1) is 10.3. The molecule has 1 unspecified atom stereocenters. The summed E-state index contributed by atoms with van der Waals surface area (Å²) < 4.78 is 6.15. The summed E-state index contributed by atoms with van der Waals surface area (Å²) >= 11 is 0. The Balaban J connectivity index is 1.62. The molecule has 1 saturated carbocycles. The maximum Gasteiger partial charge on any atom is 0.219 e. The van der Waals surface area contributed by atoms with Crippen LogP contribution in [0.15, 0.2) is 30.3 Å². The van der Waals surface area contributed by atoms with Gasteiger partial charge >= 0.3 is 0 Å². The molecule has 0 amide bonds. The zero-order chi connectivity index (χ0) is 14.2. The summed E-state index contributed by atoms with van der Waals surface area (Å²) in [4.78, 5) is 8.87. The summed E-state index contributed by atoms with van der Waals surface area (Å²) in [6, 6.07) is 10.3. The van der Waals surface area contributed by atoms with Crippen LogP contribution >= 0.6 is 0 Å². The zero-order valence-corrected chi connectivity index (χ0v) is 12.0. The average Bonchev–Trinajstić information content (AvgIpc) is 3.32. The van der Waals surface area contributed by atoms with Crippen LogP contribution in [0.2, 0.25) is 0 Å². The Labute approximate surface area is 124 Å². The molecule has 108 valence electrons. The van der Waals surface area contributed by atoms with Crippen LogP contribution in [-0.2, 0) is 6.42 Å². The van der Waals surface area contributed by atoms with E-state index in [1.807, 2.05) is 0 Å². The first-order valence-corrected chi connectivity index (χ1v) is 7.68. The third-order valence-corrected chi connectivity index (χ3v) is 4.26. The molecular formula is C17H19N3O. The van der Waals surface area contributed by atoms with Crippen LogP contribution in [0.3, 0.4) is 0 Å². The monoisotopic (exact) mass is 281 g/mol. The Morgan fingerprint density at radius 2 is 1.95 bits per heavy atom. The molecule has 0 bridgehead atoms. The van der Waals surface area contributed by atoms with Gasteiger partial charge in [-0.25, -0.2) is 4.98 Å². The maximum absolute atomic E-state index is 6.15. The molecule has 4 rings (SSSR count). The largest absolute Gasteiger partial charge is 0.469 e. The second-order valence-electron chi connectivity index (χ2n) is 5.96. The minimum Gasteiger partial charge on any atom is -0.469 e. The van der Waals surface area contributed by atoms with E-state index in [1.54, 1.807) is 6.07 Å². The Morgan fingerprint density at radius 1 is 1.10 bits per heavy atom. The summed E-state index contributed by atoms with van der Waals surface area (Å²) in [7, 11) is 0. The quantitative estimate of drug-likeness (QED) is 0.936. The summed E-state index contributed by atoms with van der Waals surface area (Å²) in [5.41, 5.74) is 8.57. The fourth-order valence-corrected chi connectivity index (χ4v) is 3.02. The highest BCUT2D eigenvalue weighted by Gasteiger charge is 2.28. The molecule has 1 aromatic carbocycles. The molecule has 4 heteroatoms. The molecule has 0 saturated heterocycles. The van der Waals surface area contributed by atoms with Crippen LogP contribution in [-0.4, -0.2) is 9.97 Å². The lowest BCUT2D eigenvalue weighted by Crippen LogP contribution is -2.16. The van der Waals surface area contributed by atoms with Crippen LogP contribution < -0.4 is 10.5 Å². The molecule has 21 heavy (non-hydrogen) atoms. The van der Waals surface area contributed by atoms with E-state index < -0.39 is 0 Å². The third kappa shape index (κ3) is 2.58. The molecule has 0 aliphatic heterocycles. The summed E-state index contributed by atoms with van der Waals surface area (Å²) in [5, 5.41) is 0. The molecule has 2 aromatic rings. The van der Waals surface area contributed by atoms with Gasteiger partial charge in [-0.2, -0.15) is 4.98 Å². The lowest BCUT2D eigenvalue weighted by Gasteiger charge is -2.26. The number of ether oxygens (including phenoxy) is 1. The van der Waals surface area contributed by atoms with Crippen molar-refractivity contribution in [2.24, 2.45) is 0 Å². The second-order valence-corrected chi connectivity index (χ2v) is 5.96. The van der Waals surface area contributed by atoms with Crippen LogP contribution in [0.5, 0.6) is 5.88 Å². The summed E-state index contributed by atoms with van der Waals surface area (Å²) in [5.74, 6) is 2.45. The van der Waals surface area contributed by atoms with Gasteiger partial charge in [0.1, 0.15) is 17.7 Å². The molecule has 1 atom stereocenters. The van der Waals surface area contributed by atoms with E-state index in [2.05, 4.69) is 34.2 Å². The number of benzene rings is 1. The van der Waals surface area contributed by atoms with E-state index in [0.717, 1.165) is 37.9 Å². The van der Waals surface area contributed by atoms with Gasteiger partial charge in [0.2, 0.25) is 5.88 Å². The number of hydrogen-bond acceptors (Lipinski definition) is 4. The van der Waals surface area contributed by atoms with Crippen molar-refractivity contribution in [3.05, 3.63) is 47.3 Å². The average molecular weight is 281 g/mol. The molecular weight excluding hydrogens is 262 g/mol. The number of nitrogens with two attached hydrogens (primary N) is 1. The lowest BCUT2D eigenvalue weighted by molar-refractivity contribution is 0.175.